The molecule has 0 unspecified atom stereocenters. The van der Waals surface area contributed by atoms with E-state index in [0.29, 0.717) is 24.5 Å². The molecule has 1 heterocycles. The van der Waals surface area contributed by atoms with Crippen molar-refractivity contribution >= 4 is 33.5 Å². The number of amidine groups is 1. The number of nitrogens with one attached hydrogen (secondary N) is 2. The van der Waals surface area contributed by atoms with E-state index >= 15 is 0 Å². The number of carbonyl (C=O) groups is 1. The molecule has 1 aliphatic heterocycles. The molecule has 1 amide bonds. The zero-order valence-corrected chi connectivity index (χ0v) is 15.8. The topological polar surface area (TPSA) is 87.6 Å². The van der Waals surface area contributed by atoms with Crippen molar-refractivity contribution in [2.24, 2.45) is 4.99 Å². The highest BCUT2D eigenvalue weighted by Gasteiger charge is 2.18. The first-order valence-electron chi connectivity index (χ1n) is 8.65. The predicted octanol–water partition coefficient (Wildman–Crippen LogP) is 3.12. The molecule has 2 aromatic carbocycles. The van der Waals surface area contributed by atoms with E-state index in [1.165, 1.54) is 18.2 Å². The van der Waals surface area contributed by atoms with Gasteiger partial charge in [0, 0.05) is 24.7 Å². The third-order valence-electron chi connectivity index (χ3n) is 4.14. The number of aryl methyl sites for hydroxylation is 1. The molecule has 1 aliphatic rings. The second-order valence-electron chi connectivity index (χ2n) is 6.24. The van der Waals surface area contributed by atoms with Crippen LogP contribution in [-0.2, 0) is 14.8 Å². The Balaban J connectivity index is 1.70. The lowest BCUT2D eigenvalue weighted by atomic mass is 10.1. The fraction of sp³-hybridized carbons (Fsp3) is 0.200. The van der Waals surface area contributed by atoms with Crippen LogP contribution in [0.5, 0.6) is 0 Å². The van der Waals surface area contributed by atoms with Crippen molar-refractivity contribution in [2.45, 2.75) is 24.7 Å². The normalized spacial score (nSPS) is 14.2. The largest absolute Gasteiger partial charge is 0.322 e. The number of sulfonamides is 1. The van der Waals surface area contributed by atoms with Gasteiger partial charge in [-0.2, -0.15) is 0 Å². The summed E-state index contributed by atoms with van der Waals surface area (Å²) in [5.41, 5.74) is 2.42. The second-order valence-corrected chi connectivity index (χ2v) is 7.93. The highest BCUT2D eigenvalue weighted by molar-refractivity contribution is 7.90. The SMILES string of the molecule is Cc1ccccc1/C=C/C(=O)Nc1cccc(S(=O)(=O)NC2=NCCC2)c1. The number of carbonyl (C=O) groups excluding carboxylic acids is 1. The molecule has 0 aromatic heterocycles. The van der Waals surface area contributed by atoms with Crippen molar-refractivity contribution in [2.75, 3.05) is 11.9 Å². The van der Waals surface area contributed by atoms with Gasteiger partial charge in [-0.25, -0.2) is 8.42 Å². The van der Waals surface area contributed by atoms with Crippen molar-refractivity contribution in [3.05, 3.63) is 65.7 Å². The minimum absolute atomic E-state index is 0.0813. The molecule has 0 radical (unpaired) electrons. The summed E-state index contributed by atoms with van der Waals surface area (Å²) in [4.78, 5) is 16.4. The molecule has 0 saturated heterocycles. The molecule has 0 bridgehead atoms. The monoisotopic (exact) mass is 383 g/mol. The molecule has 7 heteroatoms. The van der Waals surface area contributed by atoms with E-state index < -0.39 is 10.0 Å². The van der Waals surface area contributed by atoms with Gasteiger partial charge < -0.3 is 5.32 Å². The molecular weight excluding hydrogens is 362 g/mol. The molecule has 140 valence electrons. The van der Waals surface area contributed by atoms with Gasteiger partial charge in [0.15, 0.2) is 0 Å². The van der Waals surface area contributed by atoms with E-state index in [2.05, 4.69) is 15.0 Å². The van der Waals surface area contributed by atoms with E-state index in [-0.39, 0.29) is 10.8 Å². The maximum absolute atomic E-state index is 12.5. The summed E-state index contributed by atoms with van der Waals surface area (Å²) in [7, 11) is -3.71. The maximum atomic E-state index is 12.5. The number of anilines is 1. The fourth-order valence-corrected chi connectivity index (χ4v) is 3.84. The van der Waals surface area contributed by atoms with Crippen LogP contribution < -0.4 is 10.0 Å². The molecule has 0 fully saturated rings. The third-order valence-corrected chi connectivity index (χ3v) is 5.52. The predicted molar refractivity (Wildman–Crippen MR) is 107 cm³/mol. The molecule has 27 heavy (non-hydrogen) atoms. The van der Waals surface area contributed by atoms with Crippen molar-refractivity contribution in [1.82, 2.24) is 4.72 Å². The molecule has 6 nitrogen and oxygen atoms in total. The quantitative estimate of drug-likeness (QED) is 0.778. The van der Waals surface area contributed by atoms with E-state index in [9.17, 15) is 13.2 Å². The standard InChI is InChI=1S/C20H21N3O3S/c1-15-6-2-3-7-16(15)11-12-20(24)22-17-8-4-9-18(14-17)27(25,26)23-19-10-5-13-21-19/h2-4,6-9,11-12,14H,5,10,13H2,1H3,(H,21,23)(H,22,24)/b12-11+. The average molecular weight is 383 g/mol. The Bertz CT molecular complexity index is 1010. The lowest BCUT2D eigenvalue weighted by Gasteiger charge is -2.09. The number of rotatable bonds is 5. The number of hydrogen-bond donors (Lipinski definition) is 2. The van der Waals surface area contributed by atoms with Crippen molar-refractivity contribution in [1.29, 1.82) is 0 Å². The molecular formula is C20H21N3O3S. The second kappa shape index (κ2) is 8.18. The van der Waals surface area contributed by atoms with Crippen LogP contribution in [0.4, 0.5) is 5.69 Å². The number of hydrogen-bond acceptors (Lipinski definition) is 4. The first-order valence-corrected chi connectivity index (χ1v) is 10.1. The fourth-order valence-electron chi connectivity index (χ4n) is 2.70. The Kier molecular flexibility index (Phi) is 5.71. The Morgan fingerprint density at radius 2 is 1.96 bits per heavy atom. The van der Waals surface area contributed by atoms with E-state index in [4.69, 9.17) is 0 Å². The Labute approximate surface area is 159 Å². The summed E-state index contributed by atoms with van der Waals surface area (Å²) in [6, 6.07) is 13.9. The summed E-state index contributed by atoms with van der Waals surface area (Å²) in [5.74, 6) is 0.145. The van der Waals surface area contributed by atoms with Gasteiger partial charge in [0.1, 0.15) is 5.84 Å². The third kappa shape index (κ3) is 5.04. The van der Waals surface area contributed by atoms with Gasteiger partial charge in [-0.15, -0.1) is 0 Å². The van der Waals surface area contributed by atoms with Gasteiger partial charge in [-0.1, -0.05) is 30.3 Å². The average Bonchev–Trinajstić information content (AvgIpc) is 3.13. The van der Waals surface area contributed by atoms with E-state index in [1.807, 2.05) is 31.2 Å². The number of amides is 1. The molecule has 0 atom stereocenters. The van der Waals surface area contributed by atoms with Crippen molar-refractivity contribution in [3.63, 3.8) is 0 Å². The molecule has 2 aromatic rings. The molecule has 3 rings (SSSR count). The zero-order chi connectivity index (χ0) is 19.3. The highest BCUT2D eigenvalue weighted by Crippen LogP contribution is 2.17. The summed E-state index contributed by atoms with van der Waals surface area (Å²) < 4.78 is 27.4. The summed E-state index contributed by atoms with van der Waals surface area (Å²) in [5, 5.41) is 2.69. The first-order chi connectivity index (χ1) is 12.9. The minimum atomic E-state index is -3.71. The van der Waals surface area contributed by atoms with Crippen molar-refractivity contribution < 1.29 is 13.2 Å². The number of benzene rings is 2. The van der Waals surface area contributed by atoms with Crippen LogP contribution in [0.25, 0.3) is 6.08 Å². The maximum Gasteiger partial charge on any atom is 0.262 e. The van der Waals surface area contributed by atoms with Crippen LogP contribution in [0, 0.1) is 6.92 Å². The summed E-state index contributed by atoms with van der Waals surface area (Å²) in [6.45, 7) is 2.61. The molecule has 0 spiro atoms. The van der Waals surface area contributed by atoms with Gasteiger partial charge in [-0.05, 0) is 48.7 Å². The van der Waals surface area contributed by atoms with Crippen LogP contribution in [0.1, 0.15) is 24.0 Å². The molecule has 0 saturated carbocycles. The van der Waals surface area contributed by atoms with Gasteiger partial charge in [0.2, 0.25) is 5.91 Å². The Hall–Kier alpha value is -2.93. The van der Waals surface area contributed by atoms with Crippen LogP contribution in [-0.4, -0.2) is 26.7 Å². The van der Waals surface area contributed by atoms with Crippen LogP contribution in [0.2, 0.25) is 0 Å². The number of aliphatic imine (C=N–C) groups is 1. The van der Waals surface area contributed by atoms with Gasteiger partial charge in [0.05, 0.1) is 4.90 Å². The summed E-state index contributed by atoms with van der Waals surface area (Å²) >= 11 is 0. The Morgan fingerprint density at radius 3 is 2.70 bits per heavy atom. The molecule has 2 N–H and O–H groups in total. The van der Waals surface area contributed by atoms with E-state index in [1.54, 1.807) is 18.2 Å². The Morgan fingerprint density at radius 1 is 1.15 bits per heavy atom. The number of nitrogens with zero attached hydrogens (tertiary/aromatic N) is 1. The highest BCUT2D eigenvalue weighted by atomic mass is 32.2. The molecule has 0 aliphatic carbocycles. The van der Waals surface area contributed by atoms with E-state index in [0.717, 1.165) is 17.5 Å². The lowest BCUT2D eigenvalue weighted by molar-refractivity contribution is -0.111. The summed E-state index contributed by atoms with van der Waals surface area (Å²) in [6.07, 6.45) is 4.63. The van der Waals surface area contributed by atoms with Gasteiger partial charge in [-0.3, -0.25) is 14.5 Å². The van der Waals surface area contributed by atoms with Gasteiger partial charge in [0.25, 0.3) is 10.0 Å². The van der Waals surface area contributed by atoms with Crippen LogP contribution >= 0.6 is 0 Å². The smallest absolute Gasteiger partial charge is 0.262 e. The minimum Gasteiger partial charge on any atom is -0.322 e. The lowest BCUT2D eigenvalue weighted by Crippen LogP contribution is -2.29. The zero-order valence-electron chi connectivity index (χ0n) is 15.0. The van der Waals surface area contributed by atoms with Crippen LogP contribution in [0.15, 0.2) is 64.5 Å². The van der Waals surface area contributed by atoms with Crippen LogP contribution in [0.3, 0.4) is 0 Å². The first kappa shape index (κ1) is 18.8. The van der Waals surface area contributed by atoms with Gasteiger partial charge >= 0.3 is 0 Å². The van der Waals surface area contributed by atoms with Crippen molar-refractivity contribution in [3.8, 4) is 0 Å².